The van der Waals surface area contributed by atoms with Gasteiger partial charge >= 0.3 is 0 Å². The summed E-state index contributed by atoms with van der Waals surface area (Å²) in [5.41, 5.74) is 9.57. The molecular formula is C24H21BrN4O4. The molecule has 0 unspecified atom stereocenters. The van der Waals surface area contributed by atoms with E-state index in [1.807, 2.05) is 12.1 Å². The van der Waals surface area contributed by atoms with Gasteiger partial charge in [-0.3, -0.25) is 14.9 Å². The molecule has 33 heavy (non-hydrogen) atoms. The second-order valence-electron chi connectivity index (χ2n) is 7.95. The molecule has 0 bridgehead atoms. The number of nitrogens with zero attached hydrogens (tertiary/aromatic N) is 3. The van der Waals surface area contributed by atoms with Crippen LogP contribution in [0.1, 0.15) is 36.3 Å². The Morgan fingerprint density at radius 2 is 2.09 bits per heavy atom. The zero-order valence-electron chi connectivity index (χ0n) is 17.9. The number of nitriles is 1. The van der Waals surface area contributed by atoms with Gasteiger partial charge in [-0.15, -0.1) is 0 Å². The number of nitro benzene ring substituents is 1. The Kier molecular flexibility index (Phi) is 6.20. The summed E-state index contributed by atoms with van der Waals surface area (Å²) in [5, 5.41) is 20.8. The molecule has 168 valence electrons. The number of Topliss-reactive ketones (excluding diaryl/α,β-unsaturated/α-hetero) is 1. The summed E-state index contributed by atoms with van der Waals surface area (Å²) < 4.78 is 6.50. The van der Waals surface area contributed by atoms with Crippen molar-refractivity contribution < 1.29 is 14.5 Å². The number of non-ortho nitro benzene ring substituents is 1. The Morgan fingerprint density at radius 3 is 2.79 bits per heavy atom. The molecule has 0 saturated carbocycles. The third-order valence-electron chi connectivity index (χ3n) is 5.97. The summed E-state index contributed by atoms with van der Waals surface area (Å²) in [5.74, 6) is 0.405. The van der Waals surface area contributed by atoms with Gasteiger partial charge in [-0.25, -0.2) is 0 Å². The fourth-order valence-electron chi connectivity index (χ4n) is 4.33. The summed E-state index contributed by atoms with van der Waals surface area (Å²) in [6, 6.07) is 13.9. The van der Waals surface area contributed by atoms with Gasteiger partial charge in [0.15, 0.2) is 5.78 Å². The van der Waals surface area contributed by atoms with Crippen LogP contribution in [0.25, 0.3) is 0 Å². The Morgan fingerprint density at radius 1 is 1.30 bits per heavy atom. The van der Waals surface area contributed by atoms with Crippen LogP contribution >= 0.6 is 15.9 Å². The number of benzene rings is 2. The monoisotopic (exact) mass is 508 g/mol. The van der Waals surface area contributed by atoms with Gasteiger partial charge < -0.3 is 15.4 Å². The molecule has 2 aliphatic rings. The third-order valence-corrected chi connectivity index (χ3v) is 6.59. The van der Waals surface area contributed by atoms with Gasteiger partial charge in [-0.2, -0.15) is 5.26 Å². The molecule has 0 spiro atoms. The zero-order valence-corrected chi connectivity index (χ0v) is 19.5. The molecule has 4 rings (SSSR count). The van der Waals surface area contributed by atoms with E-state index in [4.69, 9.17) is 10.5 Å². The van der Waals surface area contributed by atoms with Crippen LogP contribution in [-0.2, 0) is 11.4 Å². The molecule has 2 aromatic carbocycles. The second-order valence-corrected chi connectivity index (χ2v) is 8.80. The van der Waals surface area contributed by atoms with Crippen LogP contribution in [-0.4, -0.2) is 22.7 Å². The van der Waals surface area contributed by atoms with E-state index in [1.54, 1.807) is 30.1 Å². The van der Waals surface area contributed by atoms with Crippen LogP contribution in [0.4, 0.5) is 5.69 Å². The molecule has 1 atom stereocenters. The third kappa shape index (κ3) is 4.22. The van der Waals surface area contributed by atoms with Crippen LogP contribution in [0.2, 0.25) is 0 Å². The van der Waals surface area contributed by atoms with Crippen molar-refractivity contribution in [2.75, 3.05) is 7.05 Å². The van der Waals surface area contributed by atoms with E-state index in [9.17, 15) is 20.2 Å². The van der Waals surface area contributed by atoms with Gasteiger partial charge in [-0.05, 0) is 52.0 Å². The van der Waals surface area contributed by atoms with E-state index in [-0.39, 0.29) is 18.1 Å². The minimum Gasteiger partial charge on any atom is -0.488 e. The average molecular weight is 509 g/mol. The van der Waals surface area contributed by atoms with Gasteiger partial charge in [0, 0.05) is 36.9 Å². The van der Waals surface area contributed by atoms with Crippen molar-refractivity contribution in [1.29, 1.82) is 5.26 Å². The molecule has 1 aliphatic carbocycles. The predicted octanol–water partition coefficient (Wildman–Crippen LogP) is 4.67. The molecule has 1 aliphatic heterocycles. The predicted molar refractivity (Wildman–Crippen MR) is 125 cm³/mol. The van der Waals surface area contributed by atoms with Crippen molar-refractivity contribution in [2.24, 2.45) is 5.73 Å². The van der Waals surface area contributed by atoms with E-state index in [1.165, 1.54) is 12.1 Å². The van der Waals surface area contributed by atoms with Crippen molar-refractivity contribution in [1.82, 2.24) is 4.90 Å². The number of allylic oxidation sites excluding steroid dienone is 3. The van der Waals surface area contributed by atoms with E-state index in [0.29, 0.717) is 39.2 Å². The van der Waals surface area contributed by atoms with Gasteiger partial charge in [0.2, 0.25) is 0 Å². The molecule has 2 N–H and O–H groups in total. The number of carbonyl (C=O) groups is 1. The summed E-state index contributed by atoms with van der Waals surface area (Å²) in [7, 11) is 1.79. The Hall–Kier alpha value is -3.64. The lowest BCUT2D eigenvalue weighted by Crippen LogP contribution is -2.36. The number of nitro groups is 1. The van der Waals surface area contributed by atoms with Gasteiger partial charge in [0.1, 0.15) is 18.2 Å². The molecular weight excluding hydrogens is 488 g/mol. The number of hydrogen-bond acceptors (Lipinski definition) is 7. The first-order chi connectivity index (χ1) is 15.8. The fourth-order valence-corrected chi connectivity index (χ4v) is 4.84. The Bertz CT molecular complexity index is 1260. The SMILES string of the molecule is CN1C(N)=C(C#N)[C@H](c2ccc(OCc3cccc([N+](=O)[O-])c3)c(Br)c2)C2=C1CCCC2=O. The van der Waals surface area contributed by atoms with Crippen LogP contribution in [0, 0.1) is 21.4 Å². The van der Waals surface area contributed by atoms with Crippen LogP contribution in [0.5, 0.6) is 5.75 Å². The maximum absolute atomic E-state index is 12.9. The smallest absolute Gasteiger partial charge is 0.269 e. The molecule has 9 heteroatoms. The topological polar surface area (TPSA) is 122 Å². The van der Waals surface area contributed by atoms with Gasteiger partial charge in [0.05, 0.1) is 27.0 Å². The Labute approximate surface area is 199 Å². The number of nitrogens with two attached hydrogens (primary N) is 1. The highest BCUT2D eigenvalue weighted by molar-refractivity contribution is 9.10. The minimum atomic E-state index is -0.531. The lowest BCUT2D eigenvalue weighted by Gasteiger charge is -2.37. The minimum absolute atomic E-state index is 0.00224. The summed E-state index contributed by atoms with van der Waals surface area (Å²) in [6.07, 6.45) is 1.95. The van der Waals surface area contributed by atoms with E-state index >= 15 is 0 Å². The van der Waals surface area contributed by atoms with Crippen molar-refractivity contribution in [2.45, 2.75) is 31.8 Å². The van der Waals surface area contributed by atoms with Crippen molar-refractivity contribution in [3.63, 3.8) is 0 Å². The van der Waals surface area contributed by atoms with E-state index in [0.717, 1.165) is 24.1 Å². The summed E-state index contributed by atoms with van der Waals surface area (Å²) in [4.78, 5) is 25.2. The van der Waals surface area contributed by atoms with E-state index < -0.39 is 10.8 Å². The van der Waals surface area contributed by atoms with Gasteiger partial charge in [0.25, 0.3) is 5.69 Å². The molecule has 1 heterocycles. The number of halogens is 1. The number of carbonyl (C=O) groups excluding carboxylic acids is 1. The highest BCUT2D eigenvalue weighted by atomic mass is 79.9. The number of hydrogen-bond donors (Lipinski definition) is 1. The standard InChI is InChI=1S/C24H21BrN4O4/c1-28-19-6-3-7-20(30)23(19)22(17(12-26)24(28)27)15-8-9-21(18(25)11-15)33-13-14-4-2-5-16(10-14)29(31)32/h2,4-5,8-11,22H,3,6-7,13,27H2,1H3/t22-/m0/s1. The molecule has 0 saturated heterocycles. The first-order valence-corrected chi connectivity index (χ1v) is 11.2. The number of ketones is 1. The summed E-state index contributed by atoms with van der Waals surface area (Å²) in [6.45, 7) is 0.151. The molecule has 0 amide bonds. The maximum atomic E-state index is 12.9. The zero-order chi connectivity index (χ0) is 23.7. The highest BCUT2D eigenvalue weighted by Gasteiger charge is 2.38. The molecule has 2 aromatic rings. The quantitative estimate of drug-likeness (QED) is 0.459. The maximum Gasteiger partial charge on any atom is 0.269 e. The lowest BCUT2D eigenvalue weighted by molar-refractivity contribution is -0.384. The second kappa shape index (κ2) is 9.08. The van der Waals surface area contributed by atoms with Crippen molar-refractivity contribution in [3.8, 4) is 11.8 Å². The van der Waals surface area contributed by atoms with Crippen molar-refractivity contribution in [3.05, 3.63) is 90.8 Å². The largest absolute Gasteiger partial charge is 0.488 e. The lowest BCUT2D eigenvalue weighted by atomic mass is 9.76. The molecule has 0 fully saturated rings. The molecule has 0 radical (unpaired) electrons. The number of ether oxygens (including phenoxy) is 1. The first-order valence-electron chi connectivity index (χ1n) is 10.4. The Balaban J connectivity index is 1.64. The average Bonchev–Trinajstić information content (AvgIpc) is 2.81. The van der Waals surface area contributed by atoms with Crippen LogP contribution in [0.3, 0.4) is 0 Å². The highest BCUT2D eigenvalue weighted by Crippen LogP contribution is 2.45. The van der Waals surface area contributed by atoms with Crippen molar-refractivity contribution >= 4 is 27.4 Å². The van der Waals surface area contributed by atoms with Gasteiger partial charge in [-0.1, -0.05) is 18.2 Å². The molecule has 8 nitrogen and oxygen atoms in total. The van der Waals surface area contributed by atoms with E-state index in [2.05, 4.69) is 22.0 Å². The fraction of sp³-hybridized carbons (Fsp3) is 0.250. The van der Waals surface area contributed by atoms with Crippen LogP contribution < -0.4 is 10.5 Å². The molecule has 0 aromatic heterocycles. The number of rotatable bonds is 5. The normalized spacial score (nSPS) is 18.2. The first kappa shape index (κ1) is 22.6. The van der Waals surface area contributed by atoms with Crippen LogP contribution in [0.15, 0.2) is 69.6 Å². The summed E-state index contributed by atoms with van der Waals surface area (Å²) >= 11 is 3.52.